The molecule has 1 aromatic rings. The van der Waals surface area contributed by atoms with Crippen molar-refractivity contribution in [3.05, 3.63) is 29.8 Å². The molecule has 4 aliphatic carbocycles. The average molecular weight is 342 g/mol. The van der Waals surface area contributed by atoms with Gasteiger partial charge >= 0.3 is 0 Å². The predicted octanol–water partition coefficient (Wildman–Crippen LogP) is 2.52. The number of benzene rings is 1. The molecule has 4 bridgehead atoms. The first kappa shape index (κ1) is 16.6. The number of amides is 2. The lowest BCUT2D eigenvalue weighted by Crippen LogP contribution is -2.65. The van der Waals surface area contributed by atoms with Gasteiger partial charge in [0.25, 0.3) is 0 Å². The standard InChI is InChI=1S/C20H26N2O3/c1-13-4-2-3-5-16(13)21-17(23)7-18(24)22-19-8-14-6-15(9-19)11-20(25,10-14)12-19/h2-5,14-15,25H,6-12H2,1H3,(H,21,23)(H,22,24)/t14-,15-,19?,20?/m0/s1. The van der Waals surface area contributed by atoms with E-state index >= 15 is 0 Å². The molecule has 4 aliphatic rings. The van der Waals surface area contributed by atoms with Crippen molar-refractivity contribution in [2.75, 3.05) is 5.32 Å². The van der Waals surface area contributed by atoms with Crippen molar-refractivity contribution >= 4 is 17.5 Å². The van der Waals surface area contributed by atoms with Crippen molar-refractivity contribution in [2.45, 2.75) is 63.0 Å². The summed E-state index contributed by atoms with van der Waals surface area (Å²) in [6.45, 7) is 1.92. The van der Waals surface area contributed by atoms with Gasteiger partial charge in [-0.1, -0.05) is 18.2 Å². The number of hydrogen-bond acceptors (Lipinski definition) is 3. The van der Waals surface area contributed by atoms with E-state index in [1.165, 1.54) is 6.42 Å². The van der Waals surface area contributed by atoms with Gasteiger partial charge in [-0.2, -0.15) is 0 Å². The summed E-state index contributed by atoms with van der Waals surface area (Å²) >= 11 is 0. The van der Waals surface area contributed by atoms with Crippen LogP contribution in [0.1, 0.15) is 50.5 Å². The summed E-state index contributed by atoms with van der Waals surface area (Å²) in [5.41, 5.74) is 0.795. The van der Waals surface area contributed by atoms with Gasteiger partial charge in [0.05, 0.1) is 5.60 Å². The van der Waals surface area contributed by atoms with Crippen LogP contribution in [0.15, 0.2) is 24.3 Å². The lowest BCUT2D eigenvalue weighted by atomic mass is 9.51. The molecule has 2 amide bonds. The first-order valence-corrected chi connectivity index (χ1v) is 9.24. The smallest absolute Gasteiger partial charge is 0.233 e. The van der Waals surface area contributed by atoms with Crippen molar-refractivity contribution < 1.29 is 14.7 Å². The normalized spacial score (nSPS) is 35.4. The molecule has 4 fully saturated rings. The Balaban J connectivity index is 1.38. The molecule has 5 heteroatoms. The van der Waals surface area contributed by atoms with Crippen LogP contribution in [-0.4, -0.2) is 28.1 Å². The highest BCUT2D eigenvalue weighted by molar-refractivity contribution is 6.04. The molecule has 0 radical (unpaired) electrons. The highest BCUT2D eigenvalue weighted by Gasteiger charge is 2.57. The Labute approximate surface area is 148 Å². The number of anilines is 1. The SMILES string of the molecule is Cc1ccccc1NC(=O)CC(=O)NC12C[C@@H]3C[C@H](CC(O)(C3)C1)C2. The van der Waals surface area contributed by atoms with Crippen LogP contribution in [0, 0.1) is 18.8 Å². The summed E-state index contributed by atoms with van der Waals surface area (Å²) in [7, 11) is 0. The largest absolute Gasteiger partial charge is 0.390 e. The maximum Gasteiger partial charge on any atom is 0.233 e. The van der Waals surface area contributed by atoms with E-state index in [0.717, 1.165) is 36.9 Å². The highest BCUT2D eigenvalue weighted by Crippen LogP contribution is 2.57. The summed E-state index contributed by atoms with van der Waals surface area (Å²) in [6.07, 6.45) is 5.26. The van der Waals surface area contributed by atoms with Gasteiger partial charge in [0, 0.05) is 11.2 Å². The number of hydrogen-bond donors (Lipinski definition) is 3. The molecule has 134 valence electrons. The van der Waals surface area contributed by atoms with E-state index in [1.807, 2.05) is 31.2 Å². The van der Waals surface area contributed by atoms with Crippen LogP contribution in [0.5, 0.6) is 0 Å². The number of aliphatic hydroxyl groups is 1. The molecule has 0 aromatic heterocycles. The van der Waals surface area contributed by atoms with Gasteiger partial charge in [-0.15, -0.1) is 0 Å². The fourth-order valence-corrected chi connectivity index (χ4v) is 5.75. The summed E-state index contributed by atoms with van der Waals surface area (Å²) < 4.78 is 0. The zero-order valence-electron chi connectivity index (χ0n) is 14.7. The topological polar surface area (TPSA) is 78.4 Å². The highest BCUT2D eigenvalue weighted by atomic mass is 16.3. The minimum Gasteiger partial charge on any atom is -0.390 e. The van der Waals surface area contributed by atoms with Crippen molar-refractivity contribution in [1.82, 2.24) is 5.32 Å². The van der Waals surface area contributed by atoms with Crippen LogP contribution in [0.2, 0.25) is 0 Å². The summed E-state index contributed by atoms with van der Waals surface area (Å²) in [4.78, 5) is 24.7. The molecule has 0 saturated heterocycles. The van der Waals surface area contributed by atoms with Crippen LogP contribution in [-0.2, 0) is 9.59 Å². The molecule has 2 atom stereocenters. The second-order valence-electron chi connectivity index (χ2n) is 8.55. The molecule has 4 saturated carbocycles. The monoisotopic (exact) mass is 342 g/mol. The molecule has 3 N–H and O–H groups in total. The fraction of sp³-hybridized carbons (Fsp3) is 0.600. The Morgan fingerprint density at radius 3 is 2.44 bits per heavy atom. The number of para-hydroxylation sites is 1. The van der Waals surface area contributed by atoms with Gasteiger partial charge in [0.15, 0.2) is 0 Å². The fourth-order valence-electron chi connectivity index (χ4n) is 5.75. The van der Waals surface area contributed by atoms with E-state index in [4.69, 9.17) is 0 Å². The van der Waals surface area contributed by atoms with Crippen molar-refractivity contribution in [2.24, 2.45) is 11.8 Å². The van der Waals surface area contributed by atoms with E-state index in [9.17, 15) is 14.7 Å². The third-order valence-electron chi connectivity index (χ3n) is 6.18. The number of nitrogens with one attached hydrogen (secondary N) is 2. The van der Waals surface area contributed by atoms with Gasteiger partial charge in [-0.25, -0.2) is 0 Å². The van der Waals surface area contributed by atoms with E-state index in [0.29, 0.717) is 18.3 Å². The Kier molecular flexibility index (Phi) is 3.87. The Bertz CT molecular complexity index is 701. The first-order valence-electron chi connectivity index (χ1n) is 9.24. The van der Waals surface area contributed by atoms with Crippen LogP contribution < -0.4 is 10.6 Å². The first-order chi connectivity index (χ1) is 11.8. The molecule has 0 heterocycles. The van der Waals surface area contributed by atoms with E-state index in [1.54, 1.807) is 0 Å². The van der Waals surface area contributed by atoms with Gasteiger partial charge in [0.1, 0.15) is 6.42 Å². The maximum atomic E-state index is 12.5. The van der Waals surface area contributed by atoms with E-state index < -0.39 is 5.60 Å². The van der Waals surface area contributed by atoms with Crippen molar-refractivity contribution in [3.63, 3.8) is 0 Å². The number of aryl methyl sites for hydroxylation is 1. The Morgan fingerprint density at radius 2 is 1.80 bits per heavy atom. The van der Waals surface area contributed by atoms with Gasteiger partial charge in [-0.05, 0) is 68.9 Å². The van der Waals surface area contributed by atoms with Gasteiger partial charge < -0.3 is 15.7 Å². The van der Waals surface area contributed by atoms with Crippen LogP contribution >= 0.6 is 0 Å². The number of carbonyl (C=O) groups is 2. The molecule has 0 unspecified atom stereocenters. The lowest BCUT2D eigenvalue weighted by molar-refractivity contribution is -0.151. The van der Waals surface area contributed by atoms with Crippen molar-refractivity contribution in [1.29, 1.82) is 0 Å². The van der Waals surface area contributed by atoms with Gasteiger partial charge in [0.2, 0.25) is 11.8 Å². The van der Waals surface area contributed by atoms with E-state index in [-0.39, 0.29) is 23.8 Å². The van der Waals surface area contributed by atoms with Gasteiger partial charge in [-0.3, -0.25) is 9.59 Å². The maximum absolute atomic E-state index is 12.5. The quantitative estimate of drug-likeness (QED) is 0.736. The molecule has 25 heavy (non-hydrogen) atoms. The minimum absolute atomic E-state index is 0.177. The second kappa shape index (κ2) is 5.84. The number of rotatable bonds is 4. The summed E-state index contributed by atoms with van der Waals surface area (Å²) in [5.74, 6) is 0.478. The van der Waals surface area contributed by atoms with Crippen LogP contribution in [0.25, 0.3) is 0 Å². The average Bonchev–Trinajstić information content (AvgIpc) is 2.46. The van der Waals surface area contributed by atoms with Crippen molar-refractivity contribution in [3.8, 4) is 0 Å². The lowest BCUT2D eigenvalue weighted by Gasteiger charge is -2.60. The molecular formula is C20H26N2O3. The molecule has 5 rings (SSSR count). The molecule has 1 aromatic carbocycles. The molecule has 0 aliphatic heterocycles. The van der Waals surface area contributed by atoms with Crippen LogP contribution in [0.4, 0.5) is 5.69 Å². The Morgan fingerprint density at radius 1 is 1.12 bits per heavy atom. The molecule has 5 nitrogen and oxygen atoms in total. The predicted molar refractivity (Wildman–Crippen MR) is 94.9 cm³/mol. The zero-order chi connectivity index (χ0) is 17.7. The molecule has 0 spiro atoms. The van der Waals surface area contributed by atoms with Crippen LogP contribution in [0.3, 0.4) is 0 Å². The zero-order valence-corrected chi connectivity index (χ0v) is 14.7. The van der Waals surface area contributed by atoms with E-state index in [2.05, 4.69) is 10.6 Å². The Hall–Kier alpha value is -1.88. The summed E-state index contributed by atoms with van der Waals surface area (Å²) in [5, 5.41) is 16.7. The minimum atomic E-state index is -0.610. The number of carbonyl (C=O) groups excluding carboxylic acids is 2. The third-order valence-corrected chi connectivity index (χ3v) is 6.18. The third kappa shape index (κ3) is 3.30. The summed E-state index contributed by atoms with van der Waals surface area (Å²) in [6, 6.07) is 7.53. The molecular weight excluding hydrogens is 316 g/mol. The second-order valence-corrected chi connectivity index (χ2v) is 8.55.